The molecule has 0 saturated carbocycles. The van der Waals surface area contributed by atoms with Crippen LogP contribution in [-0.2, 0) is 0 Å². The average molecular weight is 129 g/mol. The third-order valence-electron chi connectivity index (χ3n) is 2.46. The van der Waals surface area contributed by atoms with Crippen LogP contribution in [0.5, 0.6) is 0 Å². The van der Waals surface area contributed by atoms with Crippen LogP contribution in [0.4, 0.5) is 4.39 Å². The summed E-state index contributed by atoms with van der Waals surface area (Å²) in [6.45, 7) is 1.86. The third kappa shape index (κ3) is 0.855. The highest BCUT2D eigenvalue weighted by atomic mass is 19.1. The second-order valence-corrected chi connectivity index (χ2v) is 3.12. The molecule has 0 aromatic rings. The van der Waals surface area contributed by atoms with E-state index in [1.807, 2.05) is 0 Å². The van der Waals surface area contributed by atoms with Crippen molar-refractivity contribution >= 4 is 0 Å². The lowest BCUT2D eigenvalue weighted by Gasteiger charge is -2.11. The molecule has 52 valence electrons. The smallest absolute Gasteiger partial charge is 0.114 e. The second-order valence-electron chi connectivity index (χ2n) is 3.12. The van der Waals surface area contributed by atoms with Crippen molar-refractivity contribution in [3.8, 4) is 0 Å². The molecule has 2 aliphatic heterocycles. The van der Waals surface area contributed by atoms with Gasteiger partial charge in [0.05, 0.1) is 0 Å². The van der Waals surface area contributed by atoms with E-state index < -0.39 is 6.17 Å². The summed E-state index contributed by atoms with van der Waals surface area (Å²) in [5, 5.41) is 0. The van der Waals surface area contributed by atoms with Gasteiger partial charge < -0.3 is 0 Å². The summed E-state index contributed by atoms with van der Waals surface area (Å²) in [5.41, 5.74) is 0. The fraction of sp³-hybridized carbons (Fsp3) is 1.00. The Morgan fingerprint density at radius 3 is 3.11 bits per heavy atom. The van der Waals surface area contributed by atoms with Gasteiger partial charge in [0.2, 0.25) is 0 Å². The van der Waals surface area contributed by atoms with E-state index in [2.05, 4.69) is 4.90 Å². The molecule has 2 rings (SSSR count). The van der Waals surface area contributed by atoms with Gasteiger partial charge in [-0.05, 0) is 25.8 Å². The molecule has 2 saturated heterocycles. The minimum Gasteiger partial charge on any atom is -0.297 e. The van der Waals surface area contributed by atoms with Gasteiger partial charge in [-0.25, -0.2) is 4.39 Å². The molecule has 0 aliphatic carbocycles. The number of rotatable bonds is 0. The molecular weight excluding hydrogens is 117 g/mol. The van der Waals surface area contributed by atoms with Crippen molar-refractivity contribution in [1.82, 2.24) is 4.90 Å². The van der Waals surface area contributed by atoms with Crippen LogP contribution in [0.2, 0.25) is 0 Å². The summed E-state index contributed by atoms with van der Waals surface area (Å²) in [4.78, 5) is 2.28. The van der Waals surface area contributed by atoms with E-state index >= 15 is 0 Å². The molecule has 2 aliphatic rings. The normalized spacial score (nSPS) is 43.7. The Hall–Kier alpha value is -0.110. The van der Waals surface area contributed by atoms with Crippen molar-refractivity contribution in [1.29, 1.82) is 0 Å². The van der Waals surface area contributed by atoms with Gasteiger partial charge in [-0.1, -0.05) is 0 Å². The third-order valence-corrected chi connectivity index (χ3v) is 2.46. The molecule has 9 heavy (non-hydrogen) atoms. The Labute approximate surface area is 54.8 Å². The van der Waals surface area contributed by atoms with Gasteiger partial charge >= 0.3 is 0 Å². The van der Waals surface area contributed by atoms with Gasteiger partial charge in [0.1, 0.15) is 6.17 Å². The zero-order valence-corrected chi connectivity index (χ0v) is 5.52. The Bertz CT molecular complexity index is 103. The first-order valence-corrected chi connectivity index (χ1v) is 3.74. The van der Waals surface area contributed by atoms with Crippen LogP contribution in [0.3, 0.4) is 0 Å². The fourth-order valence-corrected chi connectivity index (χ4v) is 2.03. The zero-order chi connectivity index (χ0) is 6.27. The van der Waals surface area contributed by atoms with Crippen LogP contribution < -0.4 is 0 Å². The Kier molecular flexibility index (Phi) is 1.22. The molecule has 2 fully saturated rings. The maximum atomic E-state index is 12.6. The standard InChI is InChI=1S/C7H12FN/c8-6-4-7-2-1-3-9(7)5-6/h6-7H,1-5H2/t6-,7?/m0/s1. The van der Waals surface area contributed by atoms with E-state index in [1.54, 1.807) is 0 Å². The van der Waals surface area contributed by atoms with Crippen molar-refractivity contribution < 1.29 is 4.39 Å². The van der Waals surface area contributed by atoms with E-state index in [0.29, 0.717) is 12.6 Å². The Morgan fingerprint density at radius 1 is 1.44 bits per heavy atom. The monoisotopic (exact) mass is 129 g/mol. The van der Waals surface area contributed by atoms with Crippen LogP contribution in [0.25, 0.3) is 0 Å². The SMILES string of the molecule is F[C@H]1CC2CCCN2C1. The van der Waals surface area contributed by atoms with Gasteiger partial charge in [0, 0.05) is 12.6 Å². The summed E-state index contributed by atoms with van der Waals surface area (Å²) >= 11 is 0. The lowest BCUT2D eigenvalue weighted by atomic mass is 10.1. The number of fused-ring (bicyclic) bond motifs is 1. The highest BCUT2D eigenvalue weighted by molar-refractivity contribution is 4.89. The van der Waals surface area contributed by atoms with Crippen LogP contribution >= 0.6 is 0 Å². The van der Waals surface area contributed by atoms with Crippen molar-refractivity contribution in [3.63, 3.8) is 0 Å². The molecule has 1 unspecified atom stereocenters. The summed E-state index contributed by atoms with van der Waals surface area (Å²) in [6, 6.07) is 0.611. The predicted molar refractivity (Wildman–Crippen MR) is 34.1 cm³/mol. The molecule has 0 aromatic carbocycles. The largest absolute Gasteiger partial charge is 0.297 e. The summed E-state index contributed by atoms with van der Waals surface area (Å²) in [7, 11) is 0. The van der Waals surface area contributed by atoms with Crippen molar-refractivity contribution in [3.05, 3.63) is 0 Å². The molecule has 0 N–H and O–H groups in total. The summed E-state index contributed by atoms with van der Waals surface area (Å²) in [5.74, 6) is 0. The number of hydrogen-bond acceptors (Lipinski definition) is 1. The molecule has 0 amide bonds. The van der Waals surface area contributed by atoms with Gasteiger partial charge in [-0.3, -0.25) is 4.90 Å². The minimum absolute atomic E-state index is 0.518. The molecule has 0 aromatic heterocycles. The van der Waals surface area contributed by atoms with Crippen LogP contribution in [0, 0.1) is 0 Å². The van der Waals surface area contributed by atoms with E-state index in [-0.39, 0.29) is 0 Å². The molecule has 2 atom stereocenters. The average Bonchev–Trinajstić information content (AvgIpc) is 2.22. The lowest BCUT2D eigenvalue weighted by Crippen LogP contribution is -2.22. The first-order valence-electron chi connectivity index (χ1n) is 3.74. The highest BCUT2D eigenvalue weighted by Crippen LogP contribution is 2.28. The second kappa shape index (κ2) is 1.94. The molecule has 0 spiro atoms. The number of halogens is 1. The van der Waals surface area contributed by atoms with Crippen molar-refractivity contribution in [2.75, 3.05) is 13.1 Å². The first-order chi connectivity index (χ1) is 4.36. The van der Waals surface area contributed by atoms with E-state index in [0.717, 1.165) is 13.0 Å². The first kappa shape index (κ1) is 5.66. The quantitative estimate of drug-likeness (QED) is 0.475. The zero-order valence-electron chi connectivity index (χ0n) is 5.52. The molecule has 0 radical (unpaired) electrons. The predicted octanol–water partition coefficient (Wildman–Crippen LogP) is 1.19. The lowest BCUT2D eigenvalue weighted by molar-refractivity contribution is 0.292. The van der Waals surface area contributed by atoms with E-state index in [4.69, 9.17) is 0 Å². The molecule has 1 nitrogen and oxygen atoms in total. The van der Waals surface area contributed by atoms with Crippen molar-refractivity contribution in [2.24, 2.45) is 0 Å². The number of hydrogen-bond donors (Lipinski definition) is 0. The Morgan fingerprint density at radius 2 is 2.33 bits per heavy atom. The highest BCUT2D eigenvalue weighted by Gasteiger charge is 2.34. The number of alkyl halides is 1. The maximum absolute atomic E-state index is 12.6. The molecular formula is C7H12FN. The van der Waals surface area contributed by atoms with E-state index in [9.17, 15) is 4.39 Å². The van der Waals surface area contributed by atoms with Crippen LogP contribution in [-0.4, -0.2) is 30.2 Å². The molecule has 2 heterocycles. The maximum Gasteiger partial charge on any atom is 0.114 e. The molecule has 2 heteroatoms. The van der Waals surface area contributed by atoms with Crippen LogP contribution in [0.1, 0.15) is 19.3 Å². The van der Waals surface area contributed by atoms with Gasteiger partial charge in [-0.2, -0.15) is 0 Å². The Balaban J connectivity index is 2.02. The fourth-order valence-electron chi connectivity index (χ4n) is 2.03. The minimum atomic E-state index is -0.518. The molecule has 0 bridgehead atoms. The van der Waals surface area contributed by atoms with E-state index in [1.165, 1.54) is 12.8 Å². The van der Waals surface area contributed by atoms with Crippen molar-refractivity contribution in [2.45, 2.75) is 31.5 Å². The van der Waals surface area contributed by atoms with Crippen LogP contribution in [0.15, 0.2) is 0 Å². The van der Waals surface area contributed by atoms with Gasteiger partial charge in [-0.15, -0.1) is 0 Å². The van der Waals surface area contributed by atoms with Gasteiger partial charge in [0.25, 0.3) is 0 Å². The summed E-state index contributed by atoms with van der Waals surface area (Å²) in [6.07, 6.45) is 2.81. The topological polar surface area (TPSA) is 3.24 Å². The number of nitrogens with zero attached hydrogens (tertiary/aromatic N) is 1. The summed E-state index contributed by atoms with van der Waals surface area (Å²) < 4.78 is 12.6. The van der Waals surface area contributed by atoms with Gasteiger partial charge in [0.15, 0.2) is 0 Å².